The summed E-state index contributed by atoms with van der Waals surface area (Å²) in [5.41, 5.74) is 2.24. The first-order valence-corrected chi connectivity index (χ1v) is 8.69. The fourth-order valence-corrected chi connectivity index (χ4v) is 3.07. The summed E-state index contributed by atoms with van der Waals surface area (Å²) in [6.45, 7) is 7.08. The van der Waals surface area contributed by atoms with Gasteiger partial charge in [0.05, 0.1) is 19.6 Å². The van der Waals surface area contributed by atoms with Crippen molar-refractivity contribution >= 4 is 11.9 Å². The molecule has 0 aliphatic carbocycles. The van der Waals surface area contributed by atoms with Crippen molar-refractivity contribution in [1.82, 2.24) is 4.90 Å². The Hall–Kier alpha value is -2.04. The predicted octanol–water partition coefficient (Wildman–Crippen LogP) is 3.02. The van der Waals surface area contributed by atoms with Gasteiger partial charge in [0.25, 0.3) is 0 Å². The predicted molar refractivity (Wildman–Crippen MR) is 92.0 cm³/mol. The zero-order valence-corrected chi connectivity index (χ0v) is 14.8. The van der Waals surface area contributed by atoms with Gasteiger partial charge in [-0.05, 0) is 51.7 Å². The number of nitrogens with zero attached hydrogens (tertiary/aromatic N) is 1. The lowest BCUT2D eigenvalue weighted by Crippen LogP contribution is -2.49. The first-order valence-electron chi connectivity index (χ1n) is 8.69. The van der Waals surface area contributed by atoms with Crippen LogP contribution < -0.4 is 4.74 Å². The van der Waals surface area contributed by atoms with Crippen LogP contribution in [0.2, 0.25) is 0 Å². The maximum atomic E-state index is 12.5. The van der Waals surface area contributed by atoms with E-state index < -0.39 is 6.04 Å². The van der Waals surface area contributed by atoms with E-state index in [1.54, 1.807) is 11.8 Å². The van der Waals surface area contributed by atoms with Crippen LogP contribution in [0, 0.1) is 13.8 Å². The number of carbonyl (C=O) groups excluding carboxylic acids is 2. The molecule has 5 nitrogen and oxygen atoms in total. The minimum Gasteiger partial charge on any atom is -0.493 e. The van der Waals surface area contributed by atoms with Crippen LogP contribution in [-0.4, -0.2) is 42.6 Å². The maximum absolute atomic E-state index is 12.5. The van der Waals surface area contributed by atoms with Gasteiger partial charge in [-0.25, -0.2) is 4.79 Å². The van der Waals surface area contributed by atoms with E-state index in [0.717, 1.165) is 24.2 Å². The molecule has 1 aromatic carbocycles. The molecule has 1 aromatic rings. The number of amides is 1. The van der Waals surface area contributed by atoms with E-state index >= 15 is 0 Å². The summed E-state index contributed by atoms with van der Waals surface area (Å²) in [6.07, 6.45) is 2.83. The van der Waals surface area contributed by atoms with E-state index in [1.165, 1.54) is 5.56 Å². The summed E-state index contributed by atoms with van der Waals surface area (Å²) in [6, 6.07) is 5.54. The molecule has 1 saturated heterocycles. The molecule has 1 atom stereocenters. The molecule has 1 heterocycles. The van der Waals surface area contributed by atoms with Crippen LogP contribution in [0.3, 0.4) is 0 Å². The molecule has 24 heavy (non-hydrogen) atoms. The quantitative estimate of drug-likeness (QED) is 0.751. The number of aryl methyl sites for hydroxylation is 2. The van der Waals surface area contributed by atoms with Gasteiger partial charge >= 0.3 is 5.97 Å². The van der Waals surface area contributed by atoms with Crippen molar-refractivity contribution in [2.24, 2.45) is 0 Å². The van der Waals surface area contributed by atoms with Gasteiger partial charge in [0, 0.05) is 6.54 Å². The van der Waals surface area contributed by atoms with E-state index in [1.807, 2.05) is 26.0 Å². The van der Waals surface area contributed by atoms with Gasteiger partial charge in [-0.2, -0.15) is 0 Å². The molecule has 5 heteroatoms. The molecule has 0 saturated carbocycles. The number of likely N-dealkylation sites (tertiary alicyclic amines) is 1. The highest BCUT2D eigenvalue weighted by Crippen LogP contribution is 2.21. The number of carbonyl (C=O) groups is 2. The molecule has 1 fully saturated rings. The van der Waals surface area contributed by atoms with Crippen molar-refractivity contribution < 1.29 is 19.1 Å². The third-order valence-corrected chi connectivity index (χ3v) is 4.29. The monoisotopic (exact) mass is 333 g/mol. The fourth-order valence-electron chi connectivity index (χ4n) is 3.07. The Labute approximate surface area is 143 Å². The van der Waals surface area contributed by atoms with Gasteiger partial charge in [0.1, 0.15) is 11.8 Å². The third kappa shape index (κ3) is 4.73. The average Bonchev–Trinajstić information content (AvgIpc) is 2.57. The minimum atomic E-state index is -0.438. The number of piperidine rings is 1. The van der Waals surface area contributed by atoms with Crippen molar-refractivity contribution in [3.8, 4) is 5.75 Å². The molecule has 2 rings (SSSR count). The molecular weight excluding hydrogens is 306 g/mol. The number of benzene rings is 1. The van der Waals surface area contributed by atoms with Crippen molar-refractivity contribution in [1.29, 1.82) is 0 Å². The van der Waals surface area contributed by atoms with E-state index in [2.05, 4.69) is 6.07 Å². The Kier molecular flexibility index (Phi) is 6.64. The molecule has 132 valence electrons. The lowest BCUT2D eigenvalue weighted by atomic mass is 10.0. The average molecular weight is 333 g/mol. The Balaban J connectivity index is 1.89. The second kappa shape index (κ2) is 8.71. The smallest absolute Gasteiger partial charge is 0.328 e. The van der Waals surface area contributed by atoms with E-state index in [4.69, 9.17) is 9.47 Å². The standard InChI is InChI=1S/C19H27NO4/c1-4-23-19(22)16-7-5-6-11-20(16)18(21)10-12-24-17-9-8-14(2)13-15(17)3/h8-9,13,16H,4-7,10-12H2,1-3H3. The normalized spacial score (nSPS) is 17.5. The molecule has 0 bridgehead atoms. The largest absolute Gasteiger partial charge is 0.493 e. The topological polar surface area (TPSA) is 55.8 Å². The van der Waals surface area contributed by atoms with Gasteiger partial charge in [-0.1, -0.05) is 17.7 Å². The van der Waals surface area contributed by atoms with Gasteiger partial charge in [0.2, 0.25) is 5.91 Å². The van der Waals surface area contributed by atoms with Gasteiger partial charge in [-0.15, -0.1) is 0 Å². The molecule has 0 N–H and O–H groups in total. The summed E-state index contributed by atoms with van der Waals surface area (Å²) in [4.78, 5) is 26.2. The van der Waals surface area contributed by atoms with Gasteiger partial charge in [-0.3, -0.25) is 4.79 Å². The van der Waals surface area contributed by atoms with Crippen molar-refractivity contribution in [2.75, 3.05) is 19.8 Å². The highest BCUT2D eigenvalue weighted by molar-refractivity contribution is 5.84. The van der Waals surface area contributed by atoms with Crippen molar-refractivity contribution in [3.05, 3.63) is 29.3 Å². The number of hydrogen-bond acceptors (Lipinski definition) is 4. The second-order valence-electron chi connectivity index (χ2n) is 6.22. The zero-order chi connectivity index (χ0) is 17.5. The van der Waals surface area contributed by atoms with Crippen LogP contribution in [0.15, 0.2) is 18.2 Å². The van der Waals surface area contributed by atoms with Crippen LogP contribution >= 0.6 is 0 Å². The number of esters is 1. The number of hydrogen-bond donors (Lipinski definition) is 0. The van der Waals surface area contributed by atoms with Crippen LogP contribution in [-0.2, 0) is 14.3 Å². The molecule has 1 aliphatic rings. The van der Waals surface area contributed by atoms with Crippen LogP contribution in [0.1, 0.15) is 43.7 Å². The molecular formula is C19H27NO4. The Bertz CT molecular complexity index is 585. The van der Waals surface area contributed by atoms with Crippen molar-refractivity contribution in [2.45, 2.75) is 52.5 Å². The molecule has 0 aromatic heterocycles. The summed E-state index contributed by atoms with van der Waals surface area (Å²) in [5.74, 6) is 0.465. The van der Waals surface area contributed by atoms with Gasteiger partial charge < -0.3 is 14.4 Å². The van der Waals surface area contributed by atoms with E-state index in [0.29, 0.717) is 26.2 Å². The Morgan fingerprint density at radius 3 is 2.75 bits per heavy atom. The second-order valence-corrected chi connectivity index (χ2v) is 6.22. The highest BCUT2D eigenvalue weighted by atomic mass is 16.5. The molecule has 1 amide bonds. The summed E-state index contributed by atoms with van der Waals surface area (Å²) in [5, 5.41) is 0. The maximum Gasteiger partial charge on any atom is 0.328 e. The minimum absolute atomic E-state index is 0.0440. The van der Waals surface area contributed by atoms with E-state index in [9.17, 15) is 9.59 Å². The first-order chi connectivity index (χ1) is 11.5. The number of ether oxygens (including phenoxy) is 2. The lowest BCUT2D eigenvalue weighted by Gasteiger charge is -2.34. The van der Waals surface area contributed by atoms with Crippen LogP contribution in [0.25, 0.3) is 0 Å². The Morgan fingerprint density at radius 2 is 2.04 bits per heavy atom. The SMILES string of the molecule is CCOC(=O)C1CCCCN1C(=O)CCOc1ccc(C)cc1C. The fraction of sp³-hybridized carbons (Fsp3) is 0.579. The van der Waals surface area contributed by atoms with Crippen LogP contribution in [0.5, 0.6) is 5.75 Å². The number of rotatable bonds is 6. The summed E-state index contributed by atoms with van der Waals surface area (Å²) >= 11 is 0. The van der Waals surface area contributed by atoms with Crippen LogP contribution in [0.4, 0.5) is 0 Å². The lowest BCUT2D eigenvalue weighted by molar-refractivity contribution is -0.156. The first kappa shape index (κ1) is 18.3. The molecule has 1 aliphatic heterocycles. The third-order valence-electron chi connectivity index (χ3n) is 4.29. The molecule has 0 spiro atoms. The van der Waals surface area contributed by atoms with E-state index in [-0.39, 0.29) is 18.3 Å². The van der Waals surface area contributed by atoms with Crippen molar-refractivity contribution in [3.63, 3.8) is 0 Å². The zero-order valence-electron chi connectivity index (χ0n) is 14.8. The molecule has 1 unspecified atom stereocenters. The highest BCUT2D eigenvalue weighted by Gasteiger charge is 2.32. The summed E-state index contributed by atoms with van der Waals surface area (Å²) in [7, 11) is 0. The molecule has 0 radical (unpaired) electrons. The van der Waals surface area contributed by atoms with Gasteiger partial charge in [0.15, 0.2) is 0 Å². The Morgan fingerprint density at radius 1 is 1.25 bits per heavy atom. The summed E-state index contributed by atoms with van der Waals surface area (Å²) < 4.78 is 10.8.